The number of rotatable bonds is 8. The second kappa shape index (κ2) is 8.72. The SMILES string of the molecule is CCCC(OCC)c1c(CC)nc2c(-c3ccc(OC)cc3Cl)nccn12. The number of imidazole rings is 1. The molecule has 0 saturated heterocycles. The molecule has 0 N–H and O–H groups in total. The molecule has 2 aromatic heterocycles. The van der Waals surface area contributed by atoms with Crippen LogP contribution in [0.15, 0.2) is 30.6 Å². The van der Waals surface area contributed by atoms with Gasteiger partial charge in [-0.05, 0) is 38.0 Å². The van der Waals surface area contributed by atoms with Gasteiger partial charge in [-0.15, -0.1) is 0 Å². The van der Waals surface area contributed by atoms with Crippen LogP contribution in [0.25, 0.3) is 16.9 Å². The fourth-order valence-electron chi connectivity index (χ4n) is 3.41. The van der Waals surface area contributed by atoms with Gasteiger partial charge in [0.15, 0.2) is 5.65 Å². The zero-order chi connectivity index (χ0) is 19.4. The lowest BCUT2D eigenvalue weighted by Gasteiger charge is -2.18. The number of halogens is 1. The summed E-state index contributed by atoms with van der Waals surface area (Å²) in [7, 11) is 1.63. The van der Waals surface area contributed by atoms with Crippen molar-refractivity contribution in [1.29, 1.82) is 0 Å². The lowest BCUT2D eigenvalue weighted by atomic mass is 10.1. The van der Waals surface area contributed by atoms with Crippen molar-refractivity contribution in [2.24, 2.45) is 0 Å². The van der Waals surface area contributed by atoms with Crippen LogP contribution in [0.5, 0.6) is 5.75 Å². The van der Waals surface area contributed by atoms with E-state index < -0.39 is 0 Å². The maximum absolute atomic E-state index is 6.50. The number of hydrogen-bond acceptors (Lipinski definition) is 4. The van der Waals surface area contributed by atoms with Crippen molar-refractivity contribution in [3.05, 3.63) is 47.0 Å². The van der Waals surface area contributed by atoms with Crippen molar-refractivity contribution in [3.63, 3.8) is 0 Å². The van der Waals surface area contributed by atoms with Gasteiger partial charge >= 0.3 is 0 Å². The van der Waals surface area contributed by atoms with Gasteiger partial charge in [-0.2, -0.15) is 0 Å². The lowest BCUT2D eigenvalue weighted by Crippen LogP contribution is -2.09. The molecule has 3 rings (SSSR count). The van der Waals surface area contributed by atoms with E-state index in [4.69, 9.17) is 26.1 Å². The van der Waals surface area contributed by atoms with E-state index in [0.29, 0.717) is 17.4 Å². The van der Waals surface area contributed by atoms with Crippen molar-refractivity contribution in [1.82, 2.24) is 14.4 Å². The van der Waals surface area contributed by atoms with E-state index >= 15 is 0 Å². The summed E-state index contributed by atoms with van der Waals surface area (Å²) in [5.74, 6) is 0.716. The summed E-state index contributed by atoms with van der Waals surface area (Å²) in [6.45, 7) is 6.99. The number of fused-ring (bicyclic) bond motifs is 1. The van der Waals surface area contributed by atoms with Crippen molar-refractivity contribution in [2.75, 3.05) is 13.7 Å². The van der Waals surface area contributed by atoms with Gasteiger partial charge in [0.1, 0.15) is 11.4 Å². The number of benzene rings is 1. The van der Waals surface area contributed by atoms with E-state index in [1.807, 2.05) is 25.3 Å². The molecule has 1 aromatic carbocycles. The van der Waals surface area contributed by atoms with Gasteiger partial charge < -0.3 is 9.47 Å². The highest BCUT2D eigenvalue weighted by molar-refractivity contribution is 6.33. The summed E-state index contributed by atoms with van der Waals surface area (Å²) in [5, 5.41) is 0.590. The molecule has 0 saturated carbocycles. The van der Waals surface area contributed by atoms with E-state index in [0.717, 1.165) is 47.6 Å². The summed E-state index contributed by atoms with van der Waals surface area (Å²) in [5.41, 5.74) is 4.56. The van der Waals surface area contributed by atoms with Crippen LogP contribution >= 0.6 is 11.6 Å². The monoisotopic (exact) mass is 387 g/mol. The highest BCUT2D eigenvalue weighted by Gasteiger charge is 2.23. The molecule has 0 amide bonds. The Morgan fingerprint density at radius 3 is 2.67 bits per heavy atom. The molecule has 1 unspecified atom stereocenters. The second-order valence-corrected chi connectivity index (χ2v) is 6.75. The molecule has 1 atom stereocenters. The van der Waals surface area contributed by atoms with Crippen LogP contribution in [0.3, 0.4) is 0 Å². The summed E-state index contributed by atoms with van der Waals surface area (Å²) in [6.07, 6.45) is 6.60. The fourth-order valence-corrected chi connectivity index (χ4v) is 3.67. The van der Waals surface area contributed by atoms with Gasteiger partial charge in [0.25, 0.3) is 0 Å². The molecule has 5 nitrogen and oxygen atoms in total. The highest BCUT2D eigenvalue weighted by Crippen LogP contribution is 2.34. The first-order chi connectivity index (χ1) is 13.1. The first-order valence-corrected chi connectivity index (χ1v) is 9.83. The normalized spacial score (nSPS) is 12.5. The average molecular weight is 388 g/mol. The topological polar surface area (TPSA) is 48.7 Å². The maximum atomic E-state index is 6.50. The number of ether oxygens (including phenoxy) is 2. The molecule has 0 fully saturated rings. The minimum atomic E-state index is 0.0199. The van der Waals surface area contributed by atoms with Gasteiger partial charge in [0.2, 0.25) is 0 Å². The molecule has 0 radical (unpaired) electrons. The van der Waals surface area contributed by atoms with Crippen LogP contribution in [0, 0.1) is 0 Å². The standard InChI is InChI=1S/C21H26ClN3O2/c1-5-8-18(27-7-3)20-17(6-2)24-21-19(23-11-12-25(20)21)15-10-9-14(26-4)13-16(15)22/h9-13,18H,5-8H2,1-4H3. The average Bonchev–Trinajstić information content (AvgIpc) is 3.06. The van der Waals surface area contributed by atoms with Crippen LogP contribution in [0.1, 0.15) is 51.1 Å². The van der Waals surface area contributed by atoms with Crippen LogP contribution in [-0.4, -0.2) is 28.1 Å². The van der Waals surface area contributed by atoms with Crippen molar-refractivity contribution in [3.8, 4) is 17.0 Å². The number of nitrogens with zero attached hydrogens (tertiary/aromatic N) is 3. The van der Waals surface area contributed by atoms with Gasteiger partial charge in [-0.3, -0.25) is 9.38 Å². The summed E-state index contributed by atoms with van der Waals surface area (Å²) >= 11 is 6.50. The zero-order valence-corrected chi connectivity index (χ0v) is 17.1. The molecule has 6 heteroatoms. The Bertz CT molecular complexity index is 917. The van der Waals surface area contributed by atoms with E-state index in [-0.39, 0.29) is 6.10 Å². The highest BCUT2D eigenvalue weighted by atomic mass is 35.5. The maximum Gasteiger partial charge on any atom is 0.164 e. The van der Waals surface area contributed by atoms with Crippen LogP contribution in [-0.2, 0) is 11.2 Å². The molecule has 144 valence electrons. The van der Waals surface area contributed by atoms with Crippen molar-refractivity contribution in [2.45, 2.75) is 46.1 Å². The van der Waals surface area contributed by atoms with E-state index in [2.05, 4.69) is 23.2 Å². The smallest absolute Gasteiger partial charge is 0.164 e. The molecule has 0 aliphatic heterocycles. The Kier molecular flexibility index (Phi) is 6.34. The largest absolute Gasteiger partial charge is 0.497 e. The number of aromatic nitrogens is 3. The Morgan fingerprint density at radius 2 is 2.04 bits per heavy atom. The first-order valence-electron chi connectivity index (χ1n) is 9.45. The summed E-state index contributed by atoms with van der Waals surface area (Å²) < 4.78 is 13.4. The van der Waals surface area contributed by atoms with Crippen molar-refractivity contribution >= 4 is 17.2 Å². The molecular formula is C21H26ClN3O2. The van der Waals surface area contributed by atoms with Gasteiger partial charge in [0, 0.05) is 24.6 Å². The third-order valence-electron chi connectivity index (χ3n) is 4.65. The van der Waals surface area contributed by atoms with Crippen LogP contribution in [0.4, 0.5) is 0 Å². The minimum Gasteiger partial charge on any atom is -0.497 e. The quantitative estimate of drug-likeness (QED) is 0.512. The molecule has 0 bridgehead atoms. The molecule has 3 aromatic rings. The Hall–Kier alpha value is -2.11. The number of methoxy groups -OCH3 is 1. The second-order valence-electron chi connectivity index (χ2n) is 6.35. The van der Waals surface area contributed by atoms with Crippen LogP contribution < -0.4 is 4.74 Å². The number of hydrogen-bond donors (Lipinski definition) is 0. The summed E-state index contributed by atoms with van der Waals surface area (Å²) in [4.78, 5) is 9.49. The Labute approximate surface area is 165 Å². The molecule has 2 heterocycles. The molecule has 0 aliphatic rings. The minimum absolute atomic E-state index is 0.0199. The fraction of sp³-hybridized carbons (Fsp3) is 0.429. The molecule has 0 aliphatic carbocycles. The van der Waals surface area contributed by atoms with E-state index in [1.54, 1.807) is 19.4 Å². The summed E-state index contributed by atoms with van der Waals surface area (Å²) in [6, 6.07) is 5.61. The first kappa shape index (κ1) is 19.6. The molecule has 0 spiro atoms. The predicted octanol–water partition coefficient (Wildman–Crippen LogP) is 5.50. The van der Waals surface area contributed by atoms with Gasteiger partial charge in [-0.25, -0.2) is 4.98 Å². The third-order valence-corrected chi connectivity index (χ3v) is 4.96. The van der Waals surface area contributed by atoms with Gasteiger partial charge in [0.05, 0.1) is 29.6 Å². The molecular weight excluding hydrogens is 362 g/mol. The predicted molar refractivity (Wildman–Crippen MR) is 109 cm³/mol. The third kappa shape index (κ3) is 3.80. The van der Waals surface area contributed by atoms with E-state index in [1.165, 1.54) is 0 Å². The van der Waals surface area contributed by atoms with Crippen molar-refractivity contribution < 1.29 is 9.47 Å². The van der Waals surface area contributed by atoms with Gasteiger partial charge in [-0.1, -0.05) is 31.9 Å². The Balaban J connectivity index is 2.20. The van der Waals surface area contributed by atoms with E-state index in [9.17, 15) is 0 Å². The molecule has 27 heavy (non-hydrogen) atoms. The van der Waals surface area contributed by atoms with Crippen LogP contribution in [0.2, 0.25) is 5.02 Å². The number of aryl methyl sites for hydroxylation is 1. The lowest BCUT2D eigenvalue weighted by molar-refractivity contribution is 0.0514. The Morgan fingerprint density at radius 1 is 1.22 bits per heavy atom. The zero-order valence-electron chi connectivity index (χ0n) is 16.3.